The minimum absolute atomic E-state index is 0.167. The Bertz CT molecular complexity index is 364. The Balaban J connectivity index is 2.47. The monoisotopic (exact) mass is 258 g/mol. The van der Waals surface area contributed by atoms with Crippen molar-refractivity contribution in [2.75, 3.05) is 13.2 Å². The van der Waals surface area contributed by atoms with E-state index in [4.69, 9.17) is 26.8 Å². The lowest BCUT2D eigenvalue weighted by Gasteiger charge is -2.19. The summed E-state index contributed by atoms with van der Waals surface area (Å²) in [4.78, 5) is 4.06. The van der Waals surface area contributed by atoms with E-state index in [0.29, 0.717) is 30.7 Å². The molecule has 0 amide bonds. The molecule has 1 aromatic rings. The highest BCUT2D eigenvalue weighted by atomic mass is 35.5. The lowest BCUT2D eigenvalue weighted by molar-refractivity contribution is -0.0168. The van der Waals surface area contributed by atoms with Gasteiger partial charge in [-0.15, -0.1) is 0 Å². The van der Waals surface area contributed by atoms with Crippen LogP contribution in [0.2, 0.25) is 5.02 Å². The van der Waals surface area contributed by atoms with Gasteiger partial charge in [-0.05, 0) is 32.4 Å². The summed E-state index contributed by atoms with van der Waals surface area (Å²) < 4.78 is 11.0. The molecule has 0 unspecified atom stereocenters. The minimum atomic E-state index is -0.167. The summed E-state index contributed by atoms with van der Waals surface area (Å²) in [6.45, 7) is 7.26. The first-order valence-corrected chi connectivity index (χ1v) is 5.92. The van der Waals surface area contributed by atoms with Crippen molar-refractivity contribution in [3.05, 3.63) is 22.8 Å². The average molecular weight is 259 g/mol. The second kappa shape index (κ2) is 6.19. The molecule has 1 heterocycles. The SMILES string of the molecule is CC(C)(C)OCCOc1nccc(CN)c1Cl. The lowest BCUT2D eigenvalue weighted by Crippen LogP contribution is -2.22. The van der Waals surface area contributed by atoms with Crippen LogP contribution in [0.3, 0.4) is 0 Å². The van der Waals surface area contributed by atoms with Crippen LogP contribution in [0.15, 0.2) is 12.3 Å². The van der Waals surface area contributed by atoms with E-state index in [9.17, 15) is 0 Å². The molecule has 0 spiro atoms. The third-order valence-electron chi connectivity index (χ3n) is 2.01. The van der Waals surface area contributed by atoms with E-state index in [1.54, 1.807) is 12.3 Å². The molecule has 0 aliphatic heterocycles. The Labute approximate surface area is 107 Å². The van der Waals surface area contributed by atoms with E-state index in [2.05, 4.69) is 4.98 Å². The van der Waals surface area contributed by atoms with E-state index in [1.165, 1.54) is 0 Å². The summed E-state index contributed by atoms with van der Waals surface area (Å²) >= 11 is 6.07. The number of ether oxygens (including phenoxy) is 2. The highest BCUT2D eigenvalue weighted by Gasteiger charge is 2.11. The zero-order valence-corrected chi connectivity index (χ0v) is 11.3. The van der Waals surface area contributed by atoms with Gasteiger partial charge >= 0.3 is 0 Å². The number of pyridine rings is 1. The topological polar surface area (TPSA) is 57.4 Å². The van der Waals surface area contributed by atoms with Gasteiger partial charge in [0.2, 0.25) is 5.88 Å². The fourth-order valence-corrected chi connectivity index (χ4v) is 1.45. The number of aromatic nitrogens is 1. The van der Waals surface area contributed by atoms with Gasteiger partial charge in [-0.25, -0.2) is 4.98 Å². The van der Waals surface area contributed by atoms with Crippen molar-refractivity contribution in [1.29, 1.82) is 0 Å². The Kier molecular flexibility index (Phi) is 5.18. The van der Waals surface area contributed by atoms with Crippen LogP contribution in [-0.2, 0) is 11.3 Å². The molecule has 5 heteroatoms. The van der Waals surface area contributed by atoms with Crippen molar-refractivity contribution in [1.82, 2.24) is 4.98 Å². The Morgan fingerprint density at radius 2 is 2.06 bits per heavy atom. The van der Waals surface area contributed by atoms with Crippen LogP contribution >= 0.6 is 11.6 Å². The van der Waals surface area contributed by atoms with E-state index >= 15 is 0 Å². The van der Waals surface area contributed by atoms with E-state index in [-0.39, 0.29) is 5.60 Å². The molecule has 17 heavy (non-hydrogen) atoms. The number of hydrogen-bond donors (Lipinski definition) is 1. The number of halogens is 1. The van der Waals surface area contributed by atoms with Crippen LogP contribution in [0, 0.1) is 0 Å². The highest BCUT2D eigenvalue weighted by Crippen LogP contribution is 2.25. The van der Waals surface area contributed by atoms with Gasteiger partial charge < -0.3 is 15.2 Å². The van der Waals surface area contributed by atoms with Gasteiger partial charge in [-0.2, -0.15) is 0 Å². The number of rotatable bonds is 5. The zero-order valence-electron chi connectivity index (χ0n) is 10.5. The second-order valence-electron chi connectivity index (χ2n) is 4.60. The quantitative estimate of drug-likeness (QED) is 0.824. The van der Waals surface area contributed by atoms with Gasteiger partial charge in [-0.3, -0.25) is 0 Å². The standard InChI is InChI=1S/C12H19ClN2O2/c1-12(2,3)17-7-6-16-11-10(13)9(8-14)4-5-15-11/h4-5H,6-8,14H2,1-3H3. The third kappa shape index (κ3) is 4.89. The second-order valence-corrected chi connectivity index (χ2v) is 4.98. The van der Waals surface area contributed by atoms with Gasteiger partial charge in [-0.1, -0.05) is 11.6 Å². The Hall–Kier alpha value is -0.840. The van der Waals surface area contributed by atoms with Crippen LogP contribution in [0.25, 0.3) is 0 Å². The van der Waals surface area contributed by atoms with Crippen molar-refractivity contribution in [2.45, 2.75) is 32.9 Å². The summed E-state index contributed by atoms with van der Waals surface area (Å²) in [5, 5.41) is 0.478. The van der Waals surface area contributed by atoms with Crippen LogP contribution in [0.1, 0.15) is 26.3 Å². The van der Waals surface area contributed by atoms with Gasteiger partial charge in [0.05, 0.1) is 12.2 Å². The summed E-state index contributed by atoms with van der Waals surface area (Å²) in [5.41, 5.74) is 6.20. The van der Waals surface area contributed by atoms with Gasteiger partial charge in [0.25, 0.3) is 0 Å². The molecule has 1 aromatic heterocycles. The van der Waals surface area contributed by atoms with E-state index in [1.807, 2.05) is 20.8 Å². The number of nitrogens with two attached hydrogens (primary N) is 1. The normalized spacial score (nSPS) is 11.6. The van der Waals surface area contributed by atoms with Crippen molar-refractivity contribution < 1.29 is 9.47 Å². The molecule has 1 rings (SSSR count). The molecular weight excluding hydrogens is 240 g/mol. The molecule has 0 aliphatic rings. The number of nitrogens with zero attached hydrogens (tertiary/aromatic N) is 1. The van der Waals surface area contributed by atoms with E-state index in [0.717, 1.165) is 5.56 Å². The third-order valence-corrected chi connectivity index (χ3v) is 2.42. The molecule has 2 N–H and O–H groups in total. The minimum Gasteiger partial charge on any atom is -0.474 e. The zero-order chi connectivity index (χ0) is 12.9. The molecule has 4 nitrogen and oxygen atoms in total. The fraction of sp³-hybridized carbons (Fsp3) is 0.583. The highest BCUT2D eigenvalue weighted by molar-refractivity contribution is 6.32. The first-order chi connectivity index (χ1) is 7.94. The number of hydrogen-bond acceptors (Lipinski definition) is 4. The van der Waals surface area contributed by atoms with Crippen LogP contribution in [0.4, 0.5) is 0 Å². The van der Waals surface area contributed by atoms with Crippen molar-refractivity contribution in [3.8, 4) is 5.88 Å². The average Bonchev–Trinajstić information content (AvgIpc) is 2.25. The summed E-state index contributed by atoms with van der Waals surface area (Å²) in [7, 11) is 0. The molecule has 0 aromatic carbocycles. The summed E-state index contributed by atoms with van der Waals surface area (Å²) in [5.74, 6) is 0.409. The molecule has 0 aliphatic carbocycles. The van der Waals surface area contributed by atoms with Gasteiger partial charge in [0.1, 0.15) is 11.6 Å². The molecule has 0 bridgehead atoms. The lowest BCUT2D eigenvalue weighted by atomic mass is 10.2. The summed E-state index contributed by atoms with van der Waals surface area (Å²) in [6, 6.07) is 1.78. The predicted octanol–water partition coefficient (Wildman–Crippen LogP) is 2.39. The molecule has 0 radical (unpaired) electrons. The van der Waals surface area contributed by atoms with E-state index < -0.39 is 0 Å². The summed E-state index contributed by atoms with van der Waals surface area (Å²) in [6.07, 6.45) is 1.63. The fourth-order valence-electron chi connectivity index (χ4n) is 1.21. The molecule has 0 atom stereocenters. The smallest absolute Gasteiger partial charge is 0.232 e. The maximum absolute atomic E-state index is 6.07. The Morgan fingerprint density at radius 3 is 2.65 bits per heavy atom. The molecule has 0 saturated heterocycles. The molecule has 0 saturated carbocycles. The van der Waals surface area contributed by atoms with Gasteiger partial charge in [0, 0.05) is 12.7 Å². The van der Waals surface area contributed by atoms with Crippen LogP contribution in [0.5, 0.6) is 5.88 Å². The van der Waals surface area contributed by atoms with Crippen molar-refractivity contribution in [2.24, 2.45) is 5.73 Å². The molecular formula is C12H19ClN2O2. The molecule has 0 fully saturated rings. The van der Waals surface area contributed by atoms with Crippen LogP contribution < -0.4 is 10.5 Å². The van der Waals surface area contributed by atoms with Crippen molar-refractivity contribution in [3.63, 3.8) is 0 Å². The predicted molar refractivity (Wildman–Crippen MR) is 68.3 cm³/mol. The maximum atomic E-state index is 6.07. The first kappa shape index (κ1) is 14.2. The maximum Gasteiger partial charge on any atom is 0.232 e. The Morgan fingerprint density at radius 1 is 1.35 bits per heavy atom. The van der Waals surface area contributed by atoms with Crippen LogP contribution in [-0.4, -0.2) is 23.8 Å². The molecule has 96 valence electrons. The largest absolute Gasteiger partial charge is 0.474 e. The van der Waals surface area contributed by atoms with Gasteiger partial charge in [0.15, 0.2) is 0 Å². The first-order valence-electron chi connectivity index (χ1n) is 5.54. The van der Waals surface area contributed by atoms with Crippen molar-refractivity contribution >= 4 is 11.6 Å².